The van der Waals surface area contributed by atoms with E-state index in [1.807, 2.05) is 0 Å². The van der Waals surface area contributed by atoms with Crippen LogP contribution in [0.2, 0.25) is 0 Å². The quantitative estimate of drug-likeness (QED) is 0.633. The molecule has 7 nitrogen and oxygen atoms in total. The average molecular weight is 455 g/mol. The van der Waals surface area contributed by atoms with Crippen molar-refractivity contribution in [3.8, 4) is 11.5 Å². The van der Waals surface area contributed by atoms with Crippen LogP contribution in [0.3, 0.4) is 0 Å². The highest BCUT2D eigenvalue weighted by Crippen LogP contribution is 2.41. The lowest BCUT2D eigenvalue weighted by molar-refractivity contribution is -0.271. The fourth-order valence-electron chi connectivity index (χ4n) is 3.92. The lowest BCUT2D eigenvalue weighted by atomic mass is 9.96. The van der Waals surface area contributed by atoms with Gasteiger partial charge >= 0.3 is 6.18 Å². The van der Waals surface area contributed by atoms with Crippen molar-refractivity contribution in [1.82, 2.24) is 14.9 Å². The molecule has 10 heteroatoms. The Morgan fingerprint density at radius 2 is 2.00 bits per heavy atom. The smallest absolute Gasteiger partial charge is 0.425 e. The summed E-state index contributed by atoms with van der Waals surface area (Å²) in [5.74, 6) is -0.549. The predicted molar refractivity (Wildman–Crippen MR) is 110 cm³/mol. The van der Waals surface area contributed by atoms with E-state index >= 15 is 0 Å². The number of rotatable bonds is 8. The number of amides is 1. The number of nitrogens with zero attached hydrogens (tertiary/aromatic N) is 2. The van der Waals surface area contributed by atoms with Gasteiger partial charge in [0.1, 0.15) is 0 Å². The van der Waals surface area contributed by atoms with E-state index in [2.05, 4.69) is 10.3 Å². The van der Waals surface area contributed by atoms with Crippen LogP contribution < -0.4 is 14.8 Å². The van der Waals surface area contributed by atoms with E-state index in [0.717, 1.165) is 36.4 Å². The van der Waals surface area contributed by atoms with Gasteiger partial charge in [0.05, 0.1) is 25.7 Å². The van der Waals surface area contributed by atoms with Gasteiger partial charge in [0.25, 0.3) is 0 Å². The van der Waals surface area contributed by atoms with E-state index in [9.17, 15) is 23.1 Å². The van der Waals surface area contributed by atoms with Crippen molar-refractivity contribution >= 4 is 5.91 Å². The molecule has 1 aromatic heterocycles. The van der Waals surface area contributed by atoms with Crippen LogP contribution in [0.25, 0.3) is 0 Å². The number of benzene rings is 1. The van der Waals surface area contributed by atoms with Crippen LogP contribution in [-0.2, 0) is 17.4 Å². The molecule has 1 aliphatic rings. The normalized spacial score (nSPS) is 17.6. The van der Waals surface area contributed by atoms with Gasteiger partial charge in [0.2, 0.25) is 11.5 Å². The summed E-state index contributed by atoms with van der Waals surface area (Å²) in [6, 6.07) is 4.52. The molecule has 1 aliphatic carbocycles. The third-order valence-corrected chi connectivity index (χ3v) is 5.74. The third kappa shape index (κ3) is 5.01. The van der Waals surface area contributed by atoms with Crippen molar-refractivity contribution in [2.45, 2.75) is 63.0 Å². The van der Waals surface area contributed by atoms with E-state index < -0.39 is 36.0 Å². The van der Waals surface area contributed by atoms with Gasteiger partial charge in [-0.3, -0.25) is 4.79 Å². The summed E-state index contributed by atoms with van der Waals surface area (Å²) in [7, 11) is 2.82. The van der Waals surface area contributed by atoms with Crippen molar-refractivity contribution in [3.63, 3.8) is 0 Å². The Hall–Kier alpha value is -2.75. The minimum Gasteiger partial charge on any atom is -0.493 e. The SMILES string of the molecule is COc1cc(C(C)NC(=O)CC(O)(c2nccn2C)C(F)(F)F)ccc1OC1CCCC1. The van der Waals surface area contributed by atoms with Crippen LogP contribution in [0, 0.1) is 0 Å². The number of aromatic nitrogens is 2. The highest BCUT2D eigenvalue weighted by Gasteiger charge is 2.58. The molecule has 1 amide bonds. The van der Waals surface area contributed by atoms with Crippen LogP contribution in [-0.4, -0.2) is 40.0 Å². The molecule has 1 heterocycles. The van der Waals surface area contributed by atoms with Gasteiger partial charge in [-0.05, 0) is 50.3 Å². The lowest BCUT2D eigenvalue weighted by Gasteiger charge is -2.30. The van der Waals surface area contributed by atoms with Gasteiger partial charge in [0, 0.05) is 19.4 Å². The first-order valence-electron chi connectivity index (χ1n) is 10.5. The summed E-state index contributed by atoms with van der Waals surface area (Å²) >= 11 is 0. The van der Waals surface area contributed by atoms with E-state index in [-0.39, 0.29) is 6.10 Å². The Morgan fingerprint density at radius 1 is 1.31 bits per heavy atom. The van der Waals surface area contributed by atoms with Crippen molar-refractivity contribution < 1.29 is 32.5 Å². The topological polar surface area (TPSA) is 85.6 Å². The number of aliphatic hydroxyl groups is 1. The minimum atomic E-state index is -5.09. The summed E-state index contributed by atoms with van der Waals surface area (Å²) in [5, 5.41) is 12.9. The standard InChI is InChI=1S/C22H28F3N3O4/c1-14(15-8-9-17(18(12-15)31-3)32-16-6-4-5-7-16)27-19(29)13-21(30,22(23,24)25)20-26-10-11-28(20)2/h8-12,14,16,30H,4-7,13H2,1-3H3,(H,27,29). The molecule has 1 saturated carbocycles. The molecule has 0 bridgehead atoms. The molecule has 32 heavy (non-hydrogen) atoms. The first-order chi connectivity index (χ1) is 15.0. The second-order valence-electron chi connectivity index (χ2n) is 8.12. The molecule has 2 atom stereocenters. The number of methoxy groups -OCH3 is 1. The predicted octanol–water partition coefficient (Wildman–Crippen LogP) is 3.77. The Labute approximate surface area is 184 Å². The highest BCUT2D eigenvalue weighted by atomic mass is 19.4. The second-order valence-corrected chi connectivity index (χ2v) is 8.12. The number of halogens is 3. The first kappa shape index (κ1) is 23.9. The molecule has 2 aromatic rings. The van der Waals surface area contributed by atoms with E-state index in [0.29, 0.717) is 17.1 Å². The zero-order valence-corrected chi connectivity index (χ0v) is 18.3. The summed E-state index contributed by atoms with van der Waals surface area (Å²) < 4.78 is 53.4. The van der Waals surface area contributed by atoms with Gasteiger partial charge in [-0.15, -0.1) is 0 Å². The number of carbonyl (C=O) groups excluding carboxylic acids is 1. The monoisotopic (exact) mass is 455 g/mol. The maximum Gasteiger partial charge on any atom is 0.425 e. The van der Waals surface area contributed by atoms with Crippen molar-refractivity contribution in [2.24, 2.45) is 7.05 Å². The van der Waals surface area contributed by atoms with E-state index in [1.54, 1.807) is 25.1 Å². The molecule has 2 N–H and O–H groups in total. The Morgan fingerprint density at radius 3 is 2.56 bits per heavy atom. The lowest BCUT2D eigenvalue weighted by Crippen LogP contribution is -2.48. The number of carbonyl (C=O) groups is 1. The van der Waals surface area contributed by atoms with E-state index in [1.165, 1.54) is 20.4 Å². The average Bonchev–Trinajstić information content (AvgIpc) is 3.38. The Balaban J connectivity index is 1.72. The molecule has 3 rings (SSSR count). The largest absolute Gasteiger partial charge is 0.493 e. The zero-order chi connectivity index (χ0) is 23.5. The van der Waals surface area contributed by atoms with E-state index in [4.69, 9.17) is 9.47 Å². The molecule has 176 valence electrons. The molecule has 0 aliphatic heterocycles. The van der Waals surface area contributed by atoms with Crippen molar-refractivity contribution in [1.29, 1.82) is 0 Å². The summed E-state index contributed by atoms with van der Waals surface area (Å²) in [6.07, 6.45) is 0.444. The van der Waals surface area contributed by atoms with Gasteiger partial charge < -0.3 is 24.5 Å². The number of hydrogen-bond acceptors (Lipinski definition) is 5. The molecule has 0 radical (unpaired) electrons. The van der Waals surface area contributed by atoms with Crippen LogP contribution in [0.1, 0.15) is 56.5 Å². The number of imidazole rings is 1. The fourth-order valence-corrected chi connectivity index (χ4v) is 3.92. The minimum absolute atomic E-state index is 0.137. The second kappa shape index (κ2) is 9.40. The summed E-state index contributed by atoms with van der Waals surface area (Å²) in [4.78, 5) is 16.1. The molecular formula is C22H28F3N3O4. The molecule has 1 aromatic carbocycles. The maximum atomic E-state index is 13.7. The molecule has 0 spiro atoms. The Bertz CT molecular complexity index is 941. The molecule has 2 unspecified atom stereocenters. The number of aryl methyl sites for hydroxylation is 1. The maximum absolute atomic E-state index is 13.7. The number of ether oxygens (including phenoxy) is 2. The number of alkyl halides is 3. The van der Waals surface area contributed by atoms with Gasteiger partial charge in [-0.1, -0.05) is 6.07 Å². The fraction of sp³-hybridized carbons (Fsp3) is 0.545. The van der Waals surface area contributed by atoms with Crippen LogP contribution >= 0.6 is 0 Å². The van der Waals surface area contributed by atoms with Gasteiger partial charge in [0.15, 0.2) is 17.3 Å². The third-order valence-electron chi connectivity index (χ3n) is 5.74. The summed E-state index contributed by atoms with van der Waals surface area (Å²) in [5.41, 5.74) is -2.78. The first-order valence-corrected chi connectivity index (χ1v) is 10.5. The molecule has 1 fully saturated rings. The van der Waals surface area contributed by atoms with Crippen LogP contribution in [0.4, 0.5) is 13.2 Å². The zero-order valence-electron chi connectivity index (χ0n) is 18.3. The molecular weight excluding hydrogens is 427 g/mol. The van der Waals surface area contributed by atoms with Crippen LogP contribution in [0.5, 0.6) is 11.5 Å². The number of hydrogen-bond donors (Lipinski definition) is 2. The van der Waals surface area contributed by atoms with Crippen molar-refractivity contribution in [3.05, 3.63) is 42.0 Å². The summed E-state index contributed by atoms with van der Waals surface area (Å²) in [6.45, 7) is 1.64. The van der Waals surface area contributed by atoms with Gasteiger partial charge in [-0.2, -0.15) is 13.2 Å². The molecule has 0 saturated heterocycles. The van der Waals surface area contributed by atoms with Crippen LogP contribution in [0.15, 0.2) is 30.6 Å². The number of nitrogens with one attached hydrogen (secondary N) is 1. The Kier molecular flexibility index (Phi) is 7.02. The highest BCUT2D eigenvalue weighted by molar-refractivity contribution is 5.77. The van der Waals surface area contributed by atoms with Crippen molar-refractivity contribution in [2.75, 3.05) is 7.11 Å². The van der Waals surface area contributed by atoms with Gasteiger partial charge in [-0.25, -0.2) is 4.98 Å².